The number of phenols is 1. The van der Waals surface area contributed by atoms with Gasteiger partial charge in [0.25, 0.3) is 5.91 Å². The van der Waals surface area contributed by atoms with E-state index in [1.54, 1.807) is 13.0 Å². The first-order chi connectivity index (χ1) is 12.6. The van der Waals surface area contributed by atoms with E-state index < -0.39 is 28.7 Å². The Hall–Kier alpha value is -1.73. The third-order valence-electron chi connectivity index (χ3n) is 4.38. The molecule has 0 aliphatic carbocycles. The largest absolute Gasteiger partial charge is 0.507 e. The van der Waals surface area contributed by atoms with Crippen molar-refractivity contribution < 1.29 is 23.1 Å². The molecule has 152 valence electrons. The first-order valence-electron chi connectivity index (χ1n) is 8.35. The van der Waals surface area contributed by atoms with Crippen LogP contribution >= 0.6 is 27.5 Å². The molecule has 0 aromatic heterocycles. The minimum Gasteiger partial charge on any atom is -0.507 e. The van der Waals surface area contributed by atoms with Gasteiger partial charge in [0.15, 0.2) is 0 Å². The maximum atomic E-state index is 13.4. The van der Waals surface area contributed by atoms with Gasteiger partial charge in [-0.15, -0.1) is 0 Å². The number of amides is 1. The van der Waals surface area contributed by atoms with E-state index in [2.05, 4.69) is 21.2 Å². The maximum Gasteiger partial charge on any atom is 0.418 e. The summed E-state index contributed by atoms with van der Waals surface area (Å²) in [7, 11) is 0. The monoisotopic (exact) mass is 477 g/mol. The van der Waals surface area contributed by atoms with E-state index in [1.807, 2.05) is 20.8 Å². The van der Waals surface area contributed by atoms with E-state index >= 15 is 0 Å². The first kappa shape index (κ1) is 22.6. The van der Waals surface area contributed by atoms with Gasteiger partial charge in [-0.3, -0.25) is 4.79 Å². The SMILES string of the molecule is Cc1cc(Cl)cc(C(F)(F)F)c1NC(=O)c1c(C)c(Br)cc(C(C)(C)C)c1O. The normalized spacial score (nSPS) is 12.2. The zero-order valence-corrected chi connectivity index (χ0v) is 18.3. The van der Waals surface area contributed by atoms with Crippen molar-refractivity contribution in [2.24, 2.45) is 0 Å². The number of phenolic OH excluding ortho intramolecular Hbond substituents is 1. The fraction of sp³-hybridized carbons (Fsp3) is 0.350. The molecular formula is C20H20BrClF3NO2. The van der Waals surface area contributed by atoms with E-state index in [0.717, 1.165) is 6.07 Å². The molecule has 28 heavy (non-hydrogen) atoms. The molecule has 0 atom stereocenters. The average molecular weight is 479 g/mol. The molecular weight excluding hydrogens is 459 g/mol. The lowest BCUT2D eigenvalue weighted by Gasteiger charge is -2.24. The number of aromatic hydroxyl groups is 1. The molecule has 2 aromatic carbocycles. The van der Waals surface area contributed by atoms with Crippen molar-refractivity contribution in [2.75, 3.05) is 5.32 Å². The van der Waals surface area contributed by atoms with E-state index in [1.165, 1.54) is 13.0 Å². The molecule has 0 aliphatic rings. The Morgan fingerprint density at radius 2 is 1.68 bits per heavy atom. The van der Waals surface area contributed by atoms with Gasteiger partial charge in [0.1, 0.15) is 5.75 Å². The zero-order valence-electron chi connectivity index (χ0n) is 16.0. The number of alkyl halides is 3. The van der Waals surface area contributed by atoms with Crippen molar-refractivity contribution in [1.29, 1.82) is 0 Å². The summed E-state index contributed by atoms with van der Waals surface area (Å²) >= 11 is 9.12. The highest BCUT2D eigenvalue weighted by atomic mass is 79.9. The number of hydrogen-bond donors (Lipinski definition) is 2. The summed E-state index contributed by atoms with van der Waals surface area (Å²) in [5.41, 5.74) is -0.921. The summed E-state index contributed by atoms with van der Waals surface area (Å²) in [6.07, 6.45) is -4.71. The smallest absolute Gasteiger partial charge is 0.418 e. The van der Waals surface area contributed by atoms with E-state index in [9.17, 15) is 23.1 Å². The zero-order chi connectivity index (χ0) is 21.6. The molecule has 0 aliphatic heterocycles. The van der Waals surface area contributed by atoms with Crippen LogP contribution in [-0.4, -0.2) is 11.0 Å². The molecule has 1 amide bonds. The number of carbonyl (C=O) groups is 1. The molecule has 2 rings (SSSR count). The van der Waals surface area contributed by atoms with Crippen molar-refractivity contribution in [1.82, 2.24) is 0 Å². The van der Waals surface area contributed by atoms with Gasteiger partial charge in [0, 0.05) is 15.1 Å². The maximum absolute atomic E-state index is 13.4. The summed E-state index contributed by atoms with van der Waals surface area (Å²) in [6.45, 7) is 8.60. The highest BCUT2D eigenvalue weighted by Gasteiger charge is 2.36. The number of carbonyl (C=O) groups excluding carboxylic acids is 1. The Morgan fingerprint density at radius 3 is 2.18 bits per heavy atom. The van der Waals surface area contributed by atoms with Gasteiger partial charge < -0.3 is 10.4 Å². The first-order valence-corrected chi connectivity index (χ1v) is 9.53. The molecule has 0 radical (unpaired) electrons. The quantitative estimate of drug-likeness (QED) is 0.488. The van der Waals surface area contributed by atoms with E-state index in [4.69, 9.17) is 11.6 Å². The number of rotatable bonds is 2. The van der Waals surface area contributed by atoms with Crippen LogP contribution in [0, 0.1) is 13.8 Å². The van der Waals surface area contributed by atoms with Crippen LogP contribution in [-0.2, 0) is 11.6 Å². The number of aryl methyl sites for hydroxylation is 1. The third kappa shape index (κ3) is 4.46. The lowest BCUT2D eigenvalue weighted by atomic mass is 9.84. The lowest BCUT2D eigenvalue weighted by Crippen LogP contribution is -2.21. The predicted molar refractivity (Wildman–Crippen MR) is 108 cm³/mol. The standard InChI is InChI=1S/C20H20BrClF3NO2/c1-9-6-11(22)7-12(20(23,24)25)16(9)26-18(28)15-10(2)14(21)8-13(17(15)27)19(3,4)5/h6-8,27H,1-5H3,(H,26,28). The average Bonchev–Trinajstić information content (AvgIpc) is 2.51. The van der Waals surface area contributed by atoms with Gasteiger partial charge in [-0.1, -0.05) is 48.3 Å². The summed E-state index contributed by atoms with van der Waals surface area (Å²) in [5, 5.41) is 12.9. The van der Waals surface area contributed by atoms with Crippen LogP contribution in [0.1, 0.15) is 53.4 Å². The molecule has 0 fully saturated rings. The number of halogens is 5. The van der Waals surface area contributed by atoms with Crippen molar-refractivity contribution in [2.45, 2.75) is 46.2 Å². The predicted octanol–water partition coefficient (Wildman–Crippen LogP) is 6.99. The van der Waals surface area contributed by atoms with Crippen LogP contribution in [0.4, 0.5) is 18.9 Å². The highest BCUT2D eigenvalue weighted by molar-refractivity contribution is 9.10. The Bertz CT molecular complexity index is 950. The number of hydrogen-bond acceptors (Lipinski definition) is 2. The Morgan fingerprint density at radius 1 is 1.11 bits per heavy atom. The number of anilines is 1. The molecule has 0 unspecified atom stereocenters. The number of nitrogens with one attached hydrogen (secondary N) is 1. The molecule has 3 nitrogen and oxygen atoms in total. The second kappa shape index (κ2) is 7.59. The van der Waals surface area contributed by atoms with Gasteiger partial charge in [0.2, 0.25) is 0 Å². The van der Waals surface area contributed by atoms with Crippen LogP contribution in [0.15, 0.2) is 22.7 Å². The molecule has 0 saturated heterocycles. The fourth-order valence-corrected chi connectivity index (χ4v) is 3.59. The molecule has 8 heteroatoms. The summed E-state index contributed by atoms with van der Waals surface area (Å²) in [6, 6.07) is 3.80. The fourth-order valence-electron chi connectivity index (χ4n) is 2.89. The number of benzene rings is 2. The van der Waals surface area contributed by atoms with Crippen LogP contribution in [0.5, 0.6) is 5.75 Å². The van der Waals surface area contributed by atoms with Gasteiger partial charge in [-0.2, -0.15) is 13.2 Å². The molecule has 0 saturated carbocycles. The molecule has 0 bridgehead atoms. The summed E-state index contributed by atoms with van der Waals surface area (Å²) < 4.78 is 40.9. The Kier molecular flexibility index (Phi) is 6.12. The van der Waals surface area contributed by atoms with Crippen LogP contribution in [0.2, 0.25) is 5.02 Å². The van der Waals surface area contributed by atoms with E-state index in [0.29, 0.717) is 15.6 Å². The van der Waals surface area contributed by atoms with Gasteiger partial charge in [0.05, 0.1) is 16.8 Å². The Labute approximate surface area is 175 Å². The lowest BCUT2D eigenvalue weighted by molar-refractivity contribution is -0.136. The van der Waals surface area contributed by atoms with Gasteiger partial charge in [-0.05, 0) is 48.6 Å². The summed E-state index contributed by atoms with van der Waals surface area (Å²) in [5.74, 6) is -1.09. The third-order valence-corrected chi connectivity index (χ3v) is 5.42. The van der Waals surface area contributed by atoms with Gasteiger partial charge >= 0.3 is 6.18 Å². The Balaban J connectivity index is 2.64. The topological polar surface area (TPSA) is 49.3 Å². The van der Waals surface area contributed by atoms with Gasteiger partial charge in [-0.25, -0.2) is 0 Å². The molecule has 2 N–H and O–H groups in total. The van der Waals surface area contributed by atoms with Crippen LogP contribution in [0.3, 0.4) is 0 Å². The highest BCUT2D eigenvalue weighted by Crippen LogP contribution is 2.41. The van der Waals surface area contributed by atoms with Crippen molar-refractivity contribution in [3.05, 3.63) is 55.5 Å². The minimum absolute atomic E-state index is 0.0817. The molecule has 2 aromatic rings. The van der Waals surface area contributed by atoms with Crippen molar-refractivity contribution in [3.63, 3.8) is 0 Å². The molecule has 0 heterocycles. The van der Waals surface area contributed by atoms with Crippen molar-refractivity contribution >= 4 is 39.1 Å². The second-order valence-corrected chi connectivity index (χ2v) is 8.89. The van der Waals surface area contributed by atoms with E-state index in [-0.39, 0.29) is 21.9 Å². The second-order valence-electron chi connectivity index (χ2n) is 7.60. The summed E-state index contributed by atoms with van der Waals surface area (Å²) in [4.78, 5) is 12.9. The van der Waals surface area contributed by atoms with Crippen molar-refractivity contribution in [3.8, 4) is 5.75 Å². The van der Waals surface area contributed by atoms with Crippen LogP contribution < -0.4 is 5.32 Å². The molecule has 0 spiro atoms. The van der Waals surface area contributed by atoms with Crippen LogP contribution in [0.25, 0.3) is 0 Å². The minimum atomic E-state index is -4.71.